The van der Waals surface area contributed by atoms with Crippen LogP contribution in [-0.2, 0) is 9.47 Å². The number of nitrogens with one attached hydrogen (secondary N) is 1. The number of hydrogen-bond acceptors (Lipinski definition) is 7. The van der Waals surface area contributed by atoms with Crippen LogP contribution in [0.4, 0.5) is 11.4 Å². The van der Waals surface area contributed by atoms with E-state index in [1.807, 2.05) is 0 Å². The molecule has 134 valence electrons. The first-order chi connectivity index (χ1) is 12.3. The Morgan fingerprint density at radius 2 is 1.54 bits per heavy atom. The van der Waals surface area contributed by atoms with Gasteiger partial charge in [0.25, 0.3) is 11.6 Å². The average molecular weight is 358 g/mol. The molecule has 0 aliphatic rings. The van der Waals surface area contributed by atoms with Gasteiger partial charge in [-0.2, -0.15) is 0 Å². The van der Waals surface area contributed by atoms with Gasteiger partial charge in [-0.1, -0.05) is 6.07 Å². The third kappa shape index (κ3) is 4.20. The van der Waals surface area contributed by atoms with Crippen molar-refractivity contribution in [1.82, 2.24) is 0 Å². The minimum atomic E-state index is -0.810. The van der Waals surface area contributed by atoms with Crippen molar-refractivity contribution in [1.29, 1.82) is 0 Å². The Bertz CT molecular complexity index is 892. The minimum Gasteiger partial charge on any atom is -0.465 e. The Morgan fingerprint density at radius 1 is 0.923 bits per heavy atom. The molecule has 2 aromatic rings. The molecule has 0 atom stereocenters. The molecule has 2 aromatic carbocycles. The van der Waals surface area contributed by atoms with E-state index in [0.717, 1.165) is 19.2 Å². The van der Waals surface area contributed by atoms with Crippen molar-refractivity contribution in [3.63, 3.8) is 0 Å². The number of carbonyl (C=O) groups is 3. The Balaban J connectivity index is 2.34. The average Bonchev–Trinajstić information content (AvgIpc) is 2.66. The van der Waals surface area contributed by atoms with Gasteiger partial charge in [0, 0.05) is 23.4 Å². The molecule has 9 heteroatoms. The van der Waals surface area contributed by atoms with Crippen molar-refractivity contribution in [2.45, 2.75) is 0 Å². The third-order valence-electron chi connectivity index (χ3n) is 3.35. The summed E-state index contributed by atoms with van der Waals surface area (Å²) in [7, 11) is 2.35. The third-order valence-corrected chi connectivity index (χ3v) is 3.35. The van der Waals surface area contributed by atoms with Gasteiger partial charge in [-0.05, 0) is 24.3 Å². The molecule has 0 spiro atoms. The summed E-state index contributed by atoms with van der Waals surface area (Å²) in [5.41, 5.74) is -0.164. The van der Waals surface area contributed by atoms with E-state index in [9.17, 15) is 24.5 Å². The number of ether oxygens (including phenoxy) is 2. The van der Waals surface area contributed by atoms with E-state index in [1.165, 1.54) is 37.4 Å². The molecule has 0 fully saturated rings. The molecule has 0 aliphatic heterocycles. The fourth-order valence-electron chi connectivity index (χ4n) is 2.13. The lowest BCUT2D eigenvalue weighted by Gasteiger charge is -2.08. The van der Waals surface area contributed by atoms with Crippen LogP contribution in [0.1, 0.15) is 31.1 Å². The fraction of sp³-hybridized carbons (Fsp3) is 0.118. The van der Waals surface area contributed by atoms with Gasteiger partial charge in [-0.25, -0.2) is 9.59 Å². The van der Waals surface area contributed by atoms with Crippen LogP contribution in [0.2, 0.25) is 0 Å². The molecule has 2 rings (SSSR count). The maximum absolute atomic E-state index is 12.4. The first-order valence-corrected chi connectivity index (χ1v) is 7.23. The highest BCUT2D eigenvalue weighted by molar-refractivity contribution is 6.06. The van der Waals surface area contributed by atoms with Crippen LogP contribution in [0, 0.1) is 10.1 Å². The lowest BCUT2D eigenvalue weighted by Crippen LogP contribution is -2.14. The zero-order valence-electron chi connectivity index (χ0n) is 13.8. The smallest absolute Gasteiger partial charge is 0.338 e. The molecule has 26 heavy (non-hydrogen) atoms. The Labute approximate surface area is 147 Å². The predicted octanol–water partition coefficient (Wildman–Crippen LogP) is 2.42. The summed E-state index contributed by atoms with van der Waals surface area (Å²) in [6.45, 7) is 0. The highest BCUT2D eigenvalue weighted by atomic mass is 16.6. The number of rotatable bonds is 5. The first kappa shape index (κ1) is 18.6. The fourth-order valence-corrected chi connectivity index (χ4v) is 2.13. The molecular weight excluding hydrogens is 344 g/mol. The number of carbonyl (C=O) groups excluding carboxylic acids is 3. The molecule has 0 aromatic heterocycles. The second kappa shape index (κ2) is 7.88. The van der Waals surface area contributed by atoms with Crippen molar-refractivity contribution < 1.29 is 28.8 Å². The van der Waals surface area contributed by atoms with Crippen LogP contribution in [-0.4, -0.2) is 37.0 Å². The lowest BCUT2D eigenvalue weighted by molar-refractivity contribution is -0.384. The summed E-state index contributed by atoms with van der Waals surface area (Å²) in [4.78, 5) is 45.9. The van der Waals surface area contributed by atoms with Gasteiger partial charge >= 0.3 is 11.9 Å². The van der Waals surface area contributed by atoms with Crippen LogP contribution in [0.25, 0.3) is 0 Å². The second-order valence-electron chi connectivity index (χ2n) is 5.04. The maximum Gasteiger partial charge on any atom is 0.338 e. The molecule has 0 saturated carbocycles. The first-order valence-electron chi connectivity index (χ1n) is 7.23. The van der Waals surface area contributed by atoms with Gasteiger partial charge in [0.15, 0.2) is 0 Å². The van der Waals surface area contributed by atoms with Crippen molar-refractivity contribution in [2.24, 2.45) is 0 Å². The van der Waals surface area contributed by atoms with Gasteiger partial charge < -0.3 is 14.8 Å². The zero-order chi connectivity index (χ0) is 19.3. The normalized spacial score (nSPS) is 9.92. The molecular formula is C17H14N2O7. The number of esters is 2. The maximum atomic E-state index is 12.4. The van der Waals surface area contributed by atoms with E-state index < -0.39 is 28.5 Å². The van der Waals surface area contributed by atoms with Crippen LogP contribution in [0.5, 0.6) is 0 Å². The van der Waals surface area contributed by atoms with Crippen molar-refractivity contribution >= 4 is 29.2 Å². The molecule has 0 aliphatic carbocycles. The van der Waals surface area contributed by atoms with Gasteiger partial charge in [0.2, 0.25) is 0 Å². The number of benzene rings is 2. The quantitative estimate of drug-likeness (QED) is 0.494. The minimum absolute atomic E-state index is 0.108. The standard InChI is InChI=1S/C17H14N2O7/c1-25-16(21)10-4-3-5-13(7-10)18-15(20)11-6-12(17(22)26-2)9-14(8-11)19(23)24/h3-9H,1-2H3,(H,18,20). The number of nitro groups is 1. The van der Waals surface area contributed by atoms with Crippen LogP contribution in [0.3, 0.4) is 0 Å². The molecule has 0 bridgehead atoms. The van der Waals surface area contributed by atoms with Crippen LogP contribution < -0.4 is 5.32 Å². The van der Waals surface area contributed by atoms with Crippen LogP contribution in [0.15, 0.2) is 42.5 Å². The summed E-state index contributed by atoms with van der Waals surface area (Å²) < 4.78 is 9.13. The van der Waals surface area contributed by atoms with Gasteiger partial charge in [0.05, 0.1) is 30.3 Å². The van der Waals surface area contributed by atoms with E-state index in [0.29, 0.717) is 0 Å². The Kier molecular flexibility index (Phi) is 5.63. The van der Waals surface area contributed by atoms with Crippen molar-refractivity contribution in [2.75, 3.05) is 19.5 Å². The number of amides is 1. The largest absolute Gasteiger partial charge is 0.465 e. The summed E-state index contributed by atoms with van der Waals surface area (Å²) in [5, 5.41) is 13.5. The highest BCUT2D eigenvalue weighted by Gasteiger charge is 2.18. The van der Waals surface area contributed by atoms with E-state index in [2.05, 4.69) is 14.8 Å². The van der Waals surface area contributed by atoms with Crippen molar-refractivity contribution in [3.05, 3.63) is 69.3 Å². The molecule has 1 N–H and O–H groups in total. The summed E-state index contributed by atoms with van der Waals surface area (Å²) in [6.07, 6.45) is 0. The number of hydrogen-bond donors (Lipinski definition) is 1. The summed E-state index contributed by atoms with van der Waals surface area (Å²) in [6, 6.07) is 9.19. The van der Waals surface area contributed by atoms with E-state index in [1.54, 1.807) is 0 Å². The topological polar surface area (TPSA) is 125 Å². The van der Waals surface area contributed by atoms with Gasteiger partial charge in [-0.15, -0.1) is 0 Å². The second-order valence-corrected chi connectivity index (χ2v) is 5.04. The molecule has 0 saturated heterocycles. The number of nitro benzene ring substituents is 1. The summed E-state index contributed by atoms with van der Waals surface area (Å²) >= 11 is 0. The van der Waals surface area contributed by atoms with Gasteiger partial charge in [-0.3, -0.25) is 14.9 Å². The zero-order valence-corrected chi connectivity index (χ0v) is 13.8. The van der Waals surface area contributed by atoms with Crippen molar-refractivity contribution in [3.8, 4) is 0 Å². The van der Waals surface area contributed by atoms with Gasteiger partial charge in [0.1, 0.15) is 0 Å². The molecule has 0 heterocycles. The molecule has 1 amide bonds. The predicted molar refractivity (Wildman–Crippen MR) is 90.2 cm³/mol. The van der Waals surface area contributed by atoms with Crippen LogP contribution >= 0.6 is 0 Å². The Hall–Kier alpha value is -3.75. The molecule has 9 nitrogen and oxygen atoms in total. The number of anilines is 1. The number of non-ortho nitro benzene ring substituents is 1. The number of methoxy groups -OCH3 is 2. The lowest BCUT2D eigenvalue weighted by atomic mass is 10.1. The number of nitrogens with zero attached hydrogens (tertiary/aromatic N) is 1. The SMILES string of the molecule is COC(=O)c1cccc(NC(=O)c2cc(C(=O)OC)cc([N+](=O)[O-])c2)c1. The molecule has 0 unspecified atom stereocenters. The highest BCUT2D eigenvalue weighted by Crippen LogP contribution is 2.20. The monoisotopic (exact) mass is 358 g/mol. The summed E-state index contributed by atoms with van der Waals surface area (Å²) in [5.74, 6) is -2.08. The van der Waals surface area contributed by atoms with E-state index in [4.69, 9.17) is 0 Å². The van der Waals surface area contributed by atoms with E-state index >= 15 is 0 Å². The molecule has 0 radical (unpaired) electrons. The Morgan fingerprint density at radius 3 is 2.15 bits per heavy atom. The van der Waals surface area contributed by atoms with E-state index in [-0.39, 0.29) is 22.4 Å².